The van der Waals surface area contributed by atoms with Gasteiger partial charge in [-0.1, -0.05) is 19.8 Å². The quantitative estimate of drug-likeness (QED) is 0.789. The van der Waals surface area contributed by atoms with Crippen LogP contribution in [0.3, 0.4) is 0 Å². The molecular formula is C9H18F2N2O2S. The SMILES string of the molecule is CC1CCCCC1(CN)NS(=O)(=O)C(F)F. The lowest BCUT2D eigenvalue weighted by molar-refractivity contribution is 0.179. The first-order valence-electron chi connectivity index (χ1n) is 5.35. The van der Waals surface area contributed by atoms with Gasteiger partial charge in [-0.3, -0.25) is 0 Å². The Kier molecular flexibility index (Phi) is 4.25. The highest BCUT2D eigenvalue weighted by Crippen LogP contribution is 2.33. The molecule has 0 radical (unpaired) electrons. The summed E-state index contributed by atoms with van der Waals surface area (Å²) in [5.41, 5.74) is 4.67. The van der Waals surface area contributed by atoms with Crippen LogP contribution in [0.4, 0.5) is 8.78 Å². The molecule has 0 aromatic rings. The molecule has 0 amide bonds. The summed E-state index contributed by atoms with van der Waals surface area (Å²) in [4.78, 5) is 0. The van der Waals surface area contributed by atoms with Crippen LogP contribution in [0.15, 0.2) is 0 Å². The molecular weight excluding hydrogens is 238 g/mol. The number of sulfonamides is 1. The summed E-state index contributed by atoms with van der Waals surface area (Å²) < 4.78 is 49.1. The monoisotopic (exact) mass is 256 g/mol. The minimum Gasteiger partial charge on any atom is -0.329 e. The second-order valence-corrected chi connectivity index (χ2v) is 6.07. The molecule has 2 unspecified atom stereocenters. The average Bonchev–Trinajstić information content (AvgIpc) is 2.21. The molecule has 2 atom stereocenters. The molecule has 0 bridgehead atoms. The summed E-state index contributed by atoms with van der Waals surface area (Å²) in [5.74, 6) is -3.41. The Morgan fingerprint density at radius 1 is 1.50 bits per heavy atom. The van der Waals surface area contributed by atoms with Crippen molar-refractivity contribution in [2.45, 2.75) is 43.9 Å². The molecule has 7 heteroatoms. The van der Waals surface area contributed by atoms with E-state index in [1.807, 2.05) is 6.92 Å². The first-order valence-corrected chi connectivity index (χ1v) is 6.90. The summed E-state index contributed by atoms with van der Waals surface area (Å²) >= 11 is 0. The summed E-state index contributed by atoms with van der Waals surface area (Å²) in [6.45, 7) is 1.90. The fourth-order valence-electron chi connectivity index (χ4n) is 2.24. The molecule has 1 fully saturated rings. The van der Waals surface area contributed by atoms with Gasteiger partial charge in [0.05, 0.1) is 0 Å². The van der Waals surface area contributed by atoms with Gasteiger partial charge in [-0.2, -0.15) is 8.78 Å². The summed E-state index contributed by atoms with van der Waals surface area (Å²) in [7, 11) is -4.56. The Morgan fingerprint density at radius 3 is 2.56 bits per heavy atom. The Balaban J connectivity index is 2.89. The van der Waals surface area contributed by atoms with E-state index in [0.717, 1.165) is 19.3 Å². The van der Waals surface area contributed by atoms with Crippen LogP contribution < -0.4 is 10.5 Å². The summed E-state index contributed by atoms with van der Waals surface area (Å²) in [6.07, 6.45) is 3.13. The fourth-order valence-corrected chi connectivity index (χ4v) is 3.28. The van der Waals surface area contributed by atoms with Gasteiger partial charge in [0.15, 0.2) is 0 Å². The second-order valence-electron chi connectivity index (χ2n) is 4.41. The van der Waals surface area contributed by atoms with Gasteiger partial charge in [0.2, 0.25) is 0 Å². The molecule has 0 heterocycles. The number of nitrogens with two attached hydrogens (primary N) is 1. The number of hydrogen-bond donors (Lipinski definition) is 2. The molecule has 1 aliphatic rings. The normalized spacial score (nSPS) is 31.9. The average molecular weight is 256 g/mol. The van der Waals surface area contributed by atoms with Crippen molar-refractivity contribution in [1.29, 1.82) is 0 Å². The number of halogens is 2. The summed E-state index contributed by atoms with van der Waals surface area (Å²) in [6, 6.07) is 0. The van der Waals surface area contributed by atoms with E-state index in [-0.39, 0.29) is 12.5 Å². The number of rotatable bonds is 4. The number of nitrogens with one attached hydrogen (secondary N) is 1. The molecule has 0 aliphatic heterocycles. The van der Waals surface area contributed by atoms with Crippen molar-refractivity contribution in [3.63, 3.8) is 0 Å². The fraction of sp³-hybridized carbons (Fsp3) is 1.00. The van der Waals surface area contributed by atoms with Crippen LogP contribution in [0, 0.1) is 5.92 Å². The zero-order valence-electron chi connectivity index (χ0n) is 9.25. The maximum Gasteiger partial charge on any atom is 0.350 e. The molecule has 0 spiro atoms. The van der Waals surface area contributed by atoms with Gasteiger partial charge in [-0.25, -0.2) is 13.1 Å². The van der Waals surface area contributed by atoms with E-state index in [9.17, 15) is 17.2 Å². The van der Waals surface area contributed by atoms with Crippen LogP contribution in [0.25, 0.3) is 0 Å². The van der Waals surface area contributed by atoms with Crippen LogP contribution in [0.5, 0.6) is 0 Å². The molecule has 4 nitrogen and oxygen atoms in total. The lowest BCUT2D eigenvalue weighted by atomic mass is 9.74. The zero-order valence-corrected chi connectivity index (χ0v) is 10.1. The zero-order chi connectivity index (χ0) is 12.4. The van der Waals surface area contributed by atoms with Crippen molar-refractivity contribution in [2.24, 2.45) is 11.7 Å². The molecule has 96 valence electrons. The number of alkyl halides is 2. The molecule has 1 rings (SSSR count). The van der Waals surface area contributed by atoms with E-state index in [1.165, 1.54) is 0 Å². The highest BCUT2D eigenvalue weighted by Gasteiger charge is 2.42. The van der Waals surface area contributed by atoms with Gasteiger partial charge < -0.3 is 5.73 Å². The largest absolute Gasteiger partial charge is 0.350 e. The first kappa shape index (κ1) is 13.8. The van der Waals surface area contributed by atoms with Crippen molar-refractivity contribution in [2.75, 3.05) is 6.54 Å². The predicted octanol–water partition coefficient (Wildman–Crippen LogP) is 1.04. The maximum atomic E-state index is 12.3. The van der Waals surface area contributed by atoms with E-state index in [0.29, 0.717) is 6.42 Å². The molecule has 0 saturated heterocycles. The highest BCUT2D eigenvalue weighted by atomic mass is 32.2. The standard InChI is InChI=1S/C9H18F2N2O2S/c1-7-4-2-3-5-9(7,6-12)13-16(14,15)8(10)11/h7-8,13H,2-6,12H2,1H3. The maximum absolute atomic E-state index is 12.3. The van der Waals surface area contributed by atoms with Crippen LogP contribution in [0.2, 0.25) is 0 Å². The van der Waals surface area contributed by atoms with Gasteiger partial charge in [-0.05, 0) is 18.8 Å². The third-order valence-corrected chi connectivity index (χ3v) is 4.56. The van der Waals surface area contributed by atoms with E-state index in [2.05, 4.69) is 4.72 Å². The van der Waals surface area contributed by atoms with Gasteiger partial charge in [0, 0.05) is 12.1 Å². The van der Waals surface area contributed by atoms with Gasteiger partial charge in [0.25, 0.3) is 10.0 Å². The topological polar surface area (TPSA) is 72.2 Å². The van der Waals surface area contributed by atoms with Crippen LogP contribution in [0.1, 0.15) is 32.6 Å². The Labute approximate surface area is 94.6 Å². The van der Waals surface area contributed by atoms with Gasteiger partial charge in [-0.15, -0.1) is 0 Å². The molecule has 0 aromatic heterocycles. The Hall–Kier alpha value is -0.270. The Bertz CT molecular complexity index is 334. The van der Waals surface area contributed by atoms with Crippen LogP contribution in [-0.4, -0.2) is 26.3 Å². The Morgan fingerprint density at radius 2 is 2.12 bits per heavy atom. The lowest BCUT2D eigenvalue weighted by Gasteiger charge is -2.42. The summed E-state index contributed by atoms with van der Waals surface area (Å²) in [5, 5.41) is 0. The molecule has 1 aliphatic carbocycles. The van der Waals surface area contributed by atoms with Gasteiger partial charge in [0.1, 0.15) is 0 Å². The van der Waals surface area contributed by atoms with Crippen molar-refractivity contribution in [3.05, 3.63) is 0 Å². The minimum atomic E-state index is -4.56. The van der Waals surface area contributed by atoms with E-state index >= 15 is 0 Å². The number of hydrogen-bond acceptors (Lipinski definition) is 3. The molecule has 3 N–H and O–H groups in total. The van der Waals surface area contributed by atoms with Crippen molar-refractivity contribution in [3.8, 4) is 0 Å². The van der Waals surface area contributed by atoms with Gasteiger partial charge >= 0.3 is 5.76 Å². The molecule has 1 saturated carbocycles. The molecule has 16 heavy (non-hydrogen) atoms. The molecule has 0 aromatic carbocycles. The van der Waals surface area contributed by atoms with Crippen molar-refractivity contribution >= 4 is 10.0 Å². The minimum absolute atomic E-state index is 0.0141. The third kappa shape index (κ3) is 2.70. The first-order chi connectivity index (χ1) is 7.34. The second kappa shape index (κ2) is 4.93. The van der Waals surface area contributed by atoms with Crippen LogP contribution >= 0.6 is 0 Å². The smallest absolute Gasteiger partial charge is 0.329 e. The van der Waals surface area contributed by atoms with E-state index in [4.69, 9.17) is 5.73 Å². The van der Waals surface area contributed by atoms with E-state index in [1.54, 1.807) is 0 Å². The van der Waals surface area contributed by atoms with Crippen molar-refractivity contribution < 1.29 is 17.2 Å². The van der Waals surface area contributed by atoms with Crippen LogP contribution in [-0.2, 0) is 10.0 Å². The van der Waals surface area contributed by atoms with E-state index < -0.39 is 21.3 Å². The predicted molar refractivity (Wildman–Crippen MR) is 57.5 cm³/mol. The third-order valence-electron chi connectivity index (χ3n) is 3.40. The highest BCUT2D eigenvalue weighted by molar-refractivity contribution is 7.89. The lowest BCUT2D eigenvalue weighted by Crippen LogP contribution is -2.59. The van der Waals surface area contributed by atoms with Crippen molar-refractivity contribution in [1.82, 2.24) is 4.72 Å².